The number of rotatable bonds is 5. The average Bonchev–Trinajstić information content (AvgIpc) is 2.76. The third-order valence-corrected chi connectivity index (χ3v) is 5.98. The molecule has 0 saturated heterocycles. The van der Waals surface area contributed by atoms with Crippen molar-refractivity contribution >= 4 is 31.7 Å². The highest BCUT2D eigenvalue weighted by atomic mass is 32.2. The summed E-state index contributed by atoms with van der Waals surface area (Å²) in [7, 11) is -3.22. The monoisotopic (exact) mass is 462 g/mol. The molecule has 0 amide bonds. The predicted molar refractivity (Wildman–Crippen MR) is 116 cm³/mol. The van der Waals surface area contributed by atoms with E-state index < -0.39 is 21.4 Å². The average molecular weight is 462 g/mol. The van der Waals surface area contributed by atoms with Gasteiger partial charge in [-0.15, -0.1) is 0 Å². The summed E-state index contributed by atoms with van der Waals surface area (Å²) in [5.74, 6) is -0.303. The van der Waals surface area contributed by atoms with Crippen LogP contribution in [0.25, 0.3) is 32.7 Å². The number of fused-ring (bicyclic) bond motifs is 2. The molecule has 32 heavy (non-hydrogen) atoms. The van der Waals surface area contributed by atoms with Crippen LogP contribution in [0, 0.1) is 0 Å². The van der Waals surface area contributed by atoms with E-state index in [0.717, 1.165) is 10.8 Å². The summed E-state index contributed by atoms with van der Waals surface area (Å²) in [6, 6.07) is 19.0. The summed E-state index contributed by atoms with van der Waals surface area (Å²) in [4.78, 5) is 0. The van der Waals surface area contributed by atoms with E-state index in [9.17, 15) is 21.6 Å². The zero-order valence-electron chi connectivity index (χ0n) is 16.9. The first-order valence-electron chi connectivity index (χ1n) is 9.34. The zero-order chi connectivity index (χ0) is 23.1. The van der Waals surface area contributed by atoms with Gasteiger partial charge >= 0.3 is 15.6 Å². The fourth-order valence-corrected chi connectivity index (χ4v) is 4.12. The Morgan fingerprint density at radius 1 is 0.719 bits per heavy atom. The Morgan fingerprint density at radius 3 is 1.91 bits per heavy atom. The van der Waals surface area contributed by atoms with Gasteiger partial charge in [-0.05, 0) is 33.7 Å². The van der Waals surface area contributed by atoms with E-state index in [-0.39, 0.29) is 5.75 Å². The van der Waals surface area contributed by atoms with Crippen LogP contribution < -0.4 is 13.7 Å². The van der Waals surface area contributed by atoms with Crippen molar-refractivity contribution in [2.24, 2.45) is 0 Å². The molecule has 0 heterocycles. The third kappa shape index (κ3) is 3.58. The van der Waals surface area contributed by atoms with Crippen molar-refractivity contribution in [2.75, 3.05) is 14.2 Å². The van der Waals surface area contributed by atoms with Crippen LogP contribution in [0.1, 0.15) is 0 Å². The van der Waals surface area contributed by atoms with E-state index in [1.54, 1.807) is 30.3 Å². The van der Waals surface area contributed by atoms with Gasteiger partial charge in [0.1, 0.15) is 5.75 Å². The summed E-state index contributed by atoms with van der Waals surface area (Å²) >= 11 is 0. The zero-order valence-corrected chi connectivity index (χ0v) is 17.8. The van der Waals surface area contributed by atoms with Crippen LogP contribution in [0.3, 0.4) is 0 Å². The number of alkyl halides is 3. The first-order valence-corrected chi connectivity index (χ1v) is 10.8. The maximum atomic E-state index is 13.0. The summed E-state index contributed by atoms with van der Waals surface area (Å²) in [5.41, 5.74) is -4.71. The topological polar surface area (TPSA) is 61.8 Å². The second-order valence-electron chi connectivity index (χ2n) is 6.85. The Morgan fingerprint density at radius 2 is 1.31 bits per heavy atom. The van der Waals surface area contributed by atoms with Gasteiger partial charge in [0.05, 0.1) is 14.2 Å². The lowest BCUT2D eigenvalue weighted by atomic mass is 9.92. The Labute approximate surface area is 182 Å². The summed E-state index contributed by atoms with van der Waals surface area (Å²) in [6.07, 6.45) is 0. The van der Waals surface area contributed by atoms with Crippen molar-refractivity contribution in [1.29, 1.82) is 0 Å². The molecule has 0 aliphatic rings. The molecule has 0 aromatic heterocycles. The number of benzene rings is 4. The van der Waals surface area contributed by atoms with Crippen molar-refractivity contribution in [3.05, 3.63) is 66.7 Å². The van der Waals surface area contributed by atoms with Gasteiger partial charge in [-0.25, -0.2) is 0 Å². The van der Waals surface area contributed by atoms with Crippen molar-refractivity contribution in [3.8, 4) is 28.4 Å². The molecule has 0 bridgehead atoms. The molecule has 0 aliphatic carbocycles. The predicted octanol–water partition coefficient (Wildman–Crippen LogP) is 5.91. The molecule has 5 nitrogen and oxygen atoms in total. The van der Waals surface area contributed by atoms with Crippen molar-refractivity contribution in [2.45, 2.75) is 5.51 Å². The van der Waals surface area contributed by atoms with Gasteiger partial charge in [0.25, 0.3) is 0 Å². The molecule has 9 heteroatoms. The Hall–Kier alpha value is -3.46. The highest BCUT2D eigenvalue weighted by Gasteiger charge is 2.49. The van der Waals surface area contributed by atoms with Crippen molar-refractivity contribution in [1.82, 2.24) is 0 Å². The lowest BCUT2D eigenvalue weighted by Gasteiger charge is -2.20. The molecule has 0 saturated carbocycles. The number of halogens is 3. The molecular formula is C23H17F3O5S. The Bertz CT molecular complexity index is 1430. The number of ether oxygens (including phenoxy) is 2. The Kier molecular flexibility index (Phi) is 5.37. The quantitative estimate of drug-likeness (QED) is 0.273. The first kappa shape index (κ1) is 21.8. The fourth-order valence-electron chi connectivity index (χ4n) is 3.66. The molecular weight excluding hydrogens is 445 g/mol. The minimum absolute atomic E-state index is 0.161. The number of hydrogen-bond acceptors (Lipinski definition) is 5. The van der Waals surface area contributed by atoms with E-state index in [1.165, 1.54) is 20.3 Å². The van der Waals surface area contributed by atoms with Gasteiger partial charge in [-0.3, -0.25) is 0 Å². The number of hydrogen-bond donors (Lipinski definition) is 0. The third-order valence-electron chi connectivity index (χ3n) is 5.02. The van der Waals surface area contributed by atoms with Gasteiger partial charge in [0.2, 0.25) is 0 Å². The molecule has 0 atom stereocenters. The molecule has 4 rings (SSSR count). The molecule has 4 aromatic carbocycles. The fraction of sp³-hybridized carbons (Fsp3) is 0.130. The second kappa shape index (κ2) is 7.90. The van der Waals surface area contributed by atoms with Gasteiger partial charge in [-0.2, -0.15) is 21.6 Å². The Balaban J connectivity index is 2.15. The van der Waals surface area contributed by atoms with E-state index in [0.29, 0.717) is 27.6 Å². The maximum absolute atomic E-state index is 13.0. The van der Waals surface area contributed by atoms with Gasteiger partial charge in [-0.1, -0.05) is 54.6 Å². The number of methoxy groups -OCH3 is 2. The second-order valence-corrected chi connectivity index (χ2v) is 8.39. The largest absolute Gasteiger partial charge is 0.534 e. The molecule has 0 unspecified atom stereocenters. The summed E-state index contributed by atoms with van der Waals surface area (Å²) in [6.45, 7) is 0. The lowest BCUT2D eigenvalue weighted by Crippen LogP contribution is -2.28. The van der Waals surface area contributed by atoms with Crippen LogP contribution in [0.2, 0.25) is 0 Å². The normalized spacial score (nSPS) is 12.2. The van der Waals surface area contributed by atoms with E-state index in [4.69, 9.17) is 9.47 Å². The van der Waals surface area contributed by atoms with Crippen LogP contribution in [0.4, 0.5) is 13.2 Å². The molecule has 0 fully saturated rings. The minimum atomic E-state index is -5.92. The smallest absolute Gasteiger partial charge is 0.496 e. The highest BCUT2D eigenvalue weighted by molar-refractivity contribution is 7.88. The van der Waals surface area contributed by atoms with Crippen molar-refractivity contribution in [3.63, 3.8) is 0 Å². The molecule has 4 aromatic rings. The first-order chi connectivity index (χ1) is 15.2. The molecule has 0 aliphatic heterocycles. The van der Waals surface area contributed by atoms with E-state index >= 15 is 0 Å². The van der Waals surface area contributed by atoms with Crippen LogP contribution in [-0.4, -0.2) is 28.1 Å². The highest BCUT2D eigenvalue weighted by Crippen LogP contribution is 2.50. The minimum Gasteiger partial charge on any atom is -0.496 e. The van der Waals surface area contributed by atoms with E-state index in [2.05, 4.69) is 4.18 Å². The van der Waals surface area contributed by atoms with Crippen LogP contribution in [-0.2, 0) is 10.1 Å². The van der Waals surface area contributed by atoms with Crippen LogP contribution >= 0.6 is 0 Å². The summed E-state index contributed by atoms with van der Waals surface area (Å²) in [5, 5.41) is 2.68. The van der Waals surface area contributed by atoms with Gasteiger partial charge < -0.3 is 13.7 Å². The van der Waals surface area contributed by atoms with Gasteiger partial charge in [0, 0.05) is 11.1 Å². The maximum Gasteiger partial charge on any atom is 0.534 e. The van der Waals surface area contributed by atoms with Crippen molar-refractivity contribution < 1.29 is 35.2 Å². The molecule has 166 valence electrons. The lowest BCUT2D eigenvalue weighted by molar-refractivity contribution is -0.0500. The van der Waals surface area contributed by atoms with Crippen LogP contribution in [0.5, 0.6) is 17.2 Å². The molecule has 0 spiro atoms. The SMILES string of the molecule is COc1ccc2ccccc2c1-c1c(OC)c(OS(=O)(=O)C(F)(F)F)cc2ccccc12. The molecule has 0 N–H and O–H groups in total. The molecule has 0 radical (unpaired) electrons. The van der Waals surface area contributed by atoms with Gasteiger partial charge in [0.15, 0.2) is 11.5 Å². The van der Waals surface area contributed by atoms with Crippen LogP contribution in [0.15, 0.2) is 66.7 Å². The van der Waals surface area contributed by atoms with E-state index in [1.807, 2.05) is 30.3 Å². The standard InChI is InChI=1S/C23H17F3O5S/c1-29-18-12-11-14-7-3-5-9-16(14)20(18)21-17-10-6-4-8-15(17)13-19(22(21)30-2)31-32(27,28)23(24,25)26/h3-13H,1-2H3. The summed E-state index contributed by atoms with van der Waals surface area (Å²) < 4.78 is 78.2.